The standard InChI is InChI=1S/C17H26/c1-11(2)17-10-13(17)9-12(3)16(6)14(17)7-8-15(16,4)5/h13-14H,1,3,7-10H2,2,4-6H3/t13?,14?,16-,17?/m1/s1. The summed E-state index contributed by atoms with van der Waals surface area (Å²) in [6.45, 7) is 18.4. The first kappa shape index (κ1) is 11.6. The van der Waals surface area contributed by atoms with Gasteiger partial charge in [-0.15, -0.1) is 0 Å². The fourth-order valence-electron chi connectivity index (χ4n) is 5.38. The van der Waals surface area contributed by atoms with E-state index in [0.29, 0.717) is 16.2 Å². The highest BCUT2D eigenvalue weighted by atomic mass is 14.7. The van der Waals surface area contributed by atoms with Crippen molar-refractivity contribution >= 4 is 0 Å². The molecule has 94 valence electrons. The average Bonchev–Trinajstić information content (AvgIpc) is 2.86. The quantitative estimate of drug-likeness (QED) is 0.558. The SMILES string of the molecule is C=C(C)C12CC1CC(=C)[C@]1(C)C2CCC1(C)C. The predicted octanol–water partition coefficient (Wildman–Crippen LogP) is 4.97. The molecular weight excluding hydrogens is 204 g/mol. The summed E-state index contributed by atoms with van der Waals surface area (Å²) in [5.41, 5.74) is 4.24. The smallest absolute Gasteiger partial charge is 0.00222 e. The summed E-state index contributed by atoms with van der Waals surface area (Å²) in [6.07, 6.45) is 5.38. The van der Waals surface area contributed by atoms with Gasteiger partial charge in [0.05, 0.1) is 0 Å². The highest BCUT2D eigenvalue weighted by Crippen LogP contribution is 2.79. The van der Waals surface area contributed by atoms with E-state index in [-0.39, 0.29) is 0 Å². The third kappa shape index (κ3) is 1.06. The van der Waals surface area contributed by atoms with Gasteiger partial charge in [-0.25, -0.2) is 0 Å². The van der Waals surface area contributed by atoms with Crippen molar-refractivity contribution in [2.45, 2.75) is 53.4 Å². The zero-order chi connectivity index (χ0) is 12.6. The second-order valence-electron chi connectivity index (χ2n) is 7.71. The molecule has 3 aliphatic carbocycles. The Balaban J connectivity index is 2.11. The van der Waals surface area contributed by atoms with Gasteiger partial charge < -0.3 is 0 Å². The van der Waals surface area contributed by atoms with Crippen LogP contribution in [0.1, 0.15) is 53.4 Å². The summed E-state index contributed by atoms with van der Waals surface area (Å²) in [5.74, 6) is 1.69. The monoisotopic (exact) mass is 230 g/mol. The van der Waals surface area contributed by atoms with Crippen LogP contribution in [0.5, 0.6) is 0 Å². The van der Waals surface area contributed by atoms with Crippen LogP contribution in [0.25, 0.3) is 0 Å². The van der Waals surface area contributed by atoms with Crippen molar-refractivity contribution in [2.75, 3.05) is 0 Å². The maximum absolute atomic E-state index is 4.46. The Bertz CT molecular complexity index is 414. The van der Waals surface area contributed by atoms with Crippen LogP contribution in [0.4, 0.5) is 0 Å². The zero-order valence-corrected chi connectivity index (χ0v) is 11.9. The fourth-order valence-corrected chi connectivity index (χ4v) is 5.38. The number of allylic oxidation sites excluding steroid dienone is 2. The van der Waals surface area contributed by atoms with Gasteiger partial charge in [-0.1, -0.05) is 45.1 Å². The second kappa shape index (κ2) is 2.90. The average molecular weight is 230 g/mol. The second-order valence-corrected chi connectivity index (χ2v) is 7.71. The molecule has 0 radical (unpaired) electrons. The fraction of sp³-hybridized carbons (Fsp3) is 0.765. The van der Waals surface area contributed by atoms with Crippen molar-refractivity contribution in [1.29, 1.82) is 0 Å². The molecule has 17 heavy (non-hydrogen) atoms. The summed E-state index contributed by atoms with van der Waals surface area (Å²) in [7, 11) is 0. The zero-order valence-electron chi connectivity index (χ0n) is 11.9. The molecule has 3 unspecified atom stereocenters. The number of hydrogen-bond acceptors (Lipinski definition) is 0. The van der Waals surface area contributed by atoms with Crippen molar-refractivity contribution in [3.8, 4) is 0 Å². The van der Waals surface area contributed by atoms with E-state index in [1.165, 1.54) is 36.8 Å². The topological polar surface area (TPSA) is 0 Å². The van der Waals surface area contributed by atoms with Gasteiger partial charge in [-0.2, -0.15) is 0 Å². The third-order valence-corrected chi connectivity index (χ3v) is 6.96. The summed E-state index contributed by atoms with van der Waals surface area (Å²) in [6, 6.07) is 0. The molecule has 3 saturated carbocycles. The molecule has 0 heteroatoms. The van der Waals surface area contributed by atoms with E-state index in [1.54, 1.807) is 0 Å². The molecule has 3 fully saturated rings. The summed E-state index contributed by atoms with van der Waals surface area (Å²) >= 11 is 0. The first-order valence-electron chi connectivity index (χ1n) is 7.11. The molecule has 0 amide bonds. The van der Waals surface area contributed by atoms with Crippen LogP contribution in [0, 0.1) is 28.1 Å². The molecule has 0 bridgehead atoms. The normalized spacial score (nSPS) is 50.7. The molecule has 4 atom stereocenters. The van der Waals surface area contributed by atoms with E-state index >= 15 is 0 Å². The minimum Gasteiger partial charge on any atom is -0.0996 e. The van der Waals surface area contributed by atoms with Crippen molar-refractivity contribution < 1.29 is 0 Å². The lowest BCUT2D eigenvalue weighted by atomic mass is 9.53. The van der Waals surface area contributed by atoms with Crippen LogP contribution >= 0.6 is 0 Å². The van der Waals surface area contributed by atoms with Gasteiger partial charge in [0.25, 0.3) is 0 Å². The van der Waals surface area contributed by atoms with Gasteiger partial charge in [-0.3, -0.25) is 0 Å². The van der Waals surface area contributed by atoms with E-state index in [2.05, 4.69) is 40.9 Å². The van der Waals surface area contributed by atoms with E-state index in [9.17, 15) is 0 Å². The van der Waals surface area contributed by atoms with Crippen molar-refractivity contribution in [3.63, 3.8) is 0 Å². The molecule has 0 aromatic heterocycles. The molecule has 0 aliphatic heterocycles. The Morgan fingerprint density at radius 2 is 1.94 bits per heavy atom. The molecule has 0 heterocycles. The molecule has 3 aliphatic rings. The van der Waals surface area contributed by atoms with E-state index in [0.717, 1.165) is 11.8 Å². The first-order chi connectivity index (χ1) is 7.77. The Labute approximate surface area is 106 Å². The minimum atomic E-state index is 0.346. The molecule has 0 nitrogen and oxygen atoms in total. The first-order valence-corrected chi connectivity index (χ1v) is 7.11. The highest BCUT2D eigenvalue weighted by Gasteiger charge is 2.71. The predicted molar refractivity (Wildman–Crippen MR) is 73.7 cm³/mol. The highest BCUT2D eigenvalue weighted by molar-refractivity contribution is 5.37. The van der Waals surface area contributed by atoms with Gasteiger partial charge in [0.15, 0.2) is 0 Å². The third-order valence-electron chi connectivity index (χ3n) is 6.96. The van der Waals surface area contributed by atoms with Crippen molar-refractivity contribution in [1.82, 2.24) is 0 Å². The summed E-state index contributed by atoms with van der Waals surface area (Å²) < 4.78 is 0. The molecule has 0 aromatic carbocycles. The molecule has 0 aromatic rings. The van der Waals surface area contributed by atoms with Gasteiger partial charge in [-0.05, 0) is 60.7 Å². The summed E-state index contributed by atoms with van der Waals surface area (Å²) in [5, 5.41) is 0. The molecule has 0 saturated heterocycles. The molecule has 0 N–H and O–H groups in total. The van der Waals surface area contributed by atoms with Gasteiger partial charge in [0, 0.05) is 0 Å². The Morgan fingerprint density at radius 3 is 2.53 bits per heavy atom. The summed E-state index contributed by atoms with van der Waals surface area (Å²) in [4.78, 5) is 0. The Kier molecular flexibility index (Phi) is 1.97. The van der Waals surface area contributed by atoms with Crippen LogP contribution < -0.4 is 0 Å². The largest absolute Gasteiger partial charge is 0.0996 e. The Morgan fingerprint density at radius 1 is 1.29 bits per heavy atom. The maximum Gasteiger partial charge on any atom is -0.00222 e. The van der Waals surface area contributed by atoms with Gasteiger partial charge >= 0.3 is 0 Å². The Hall–Kier alpha value is -0.520. The number of hydrogen-bond donors (Lipinski definition) is 0. The van der Waals surface area contributed by atoms with Crippen molar-refractivity contribution in [3.05, 3.63) is 24.3 Å². The lowest BCUT2D eigenvalue weighted by Crippen LogP contribution is -2.43. The lowest BCUT2D eigenvalue weighted by Gasteiger charge is -2.51. The number of fused-ring (bicyclic) bond motifs is 3. The number of rotatable bonds is 1. The molecular formula is C17H26. The molecule has 3 rings (SSSR count). The van der Waals surface area contributed by atoms with E-state index in [1.807, 2.05) is 0 Å². The van der Waals surface area contributed by atoms with E-state index in [4.69, 9.17) is 0 Å². The van der Waals surface area contributed by atoms with Crippen LogP contribution in [-0.4, -0.2) is 0 Å². The minimum absolute atomic E-state index is 0.346. The van der Waals surface area contributed by atoms with Crippen molar-refractivity contribution in [2.24, 2.45) is 28.1 Å². The van der Waals surface area contributed by atoms with Crippen LogP contribution in [0.2, 0.25) is 0 Å². The van der Waals surface area contributed by atoms with Gasteiger partial charge in [0.2, 0.25) is 0 Å². The van der Waals surface area contributed by atoms with Crippen LogP contribution in [0.15, 0.2) is 24.3 Å². The van der Waals surface area contributed by atoms with E-state index < -0.39 is 0 Å². The molecule has 0 spiro atoms. The maximum atomic E-state index is 4.46. The lowest BCUT2D eigenvalue weighted by molar-refractivity contribution is 0.0662. The van der Waals surface area contributed by atoms with Crippen LogP contribution in [-0.2, 0) is 0 Å². The van der Waals surface area contributed by atoms with Crippen LogP contribution in [0.3, 0.4) is 0 Å². The van der Waals surface area contributed by atoms with Gasteiger partial charge in [0.1, 0.15) is 0 Å².